The van der Waals surface area contributed by atoms with Gasteiger partial charge in [-0.25, -0.2) is 9.59 Å². The van der Waals surface area contributed by atoms with Crippen molar-refractivity contribution < 1.29 is 34.1 Å². The maximum absolute atomic E-state index is 13.5. The predicted octanol–water partition coefficient (Wildman–Crippen LogP) is 4.64. The Balaban J connectivity index is 1.53. The van der Waals surface area contributed by atoms with Crippen molar-refractivity contribution in [1.29, 1.82) is 0 Å². The number of carbonyl (C=O) groups is 3. The number of ketones is 1. The van der Waals surface area contributed by atoms with Gasteiger partial charge in [-0.15, -0.1) is 6.58 Å². The van der Waals surface area contributed by atoms with E-state index in [0.717, 1.165) is 30.4 Å². The molecule has 212 valence electrons. The molecule has 0 saturated heterocycles. The summed E-state index contributed by atoms with van der Waals surface area (Å²) in [6.45, 7) is 11.6. The van der Waals surface area contributed by atoms with E-state index in [0.29, 0.717) is 12.8 Å². The zero-order valence-electron chi connectivity index (χ0n) is 23.5. The molecule has 2 bridgehead atoms. The van der Waals surface area contributed by atoms with Crippen molar-refractivity contribution in [2.45, 2.75) is 78.6 Å². The minimum Gasteiger partial charge on any atom is -0.459 e. The molecule has 0 unspecified atom stereocenters. The van der Waals surface area contributed by atoms with Gasteiger partial charge < -0.3 is 19.7 Å². The van der Waals surface area contributed by atoms with Gasteiger partial charge in [0.1, 0.15) is 11.9 Å². The van der Waals surface area contributed by atoms with Gasteiger partial charge in [-0.05, 0) is 60.1 Å². The number of rotatable bonds is 7. The van der Waals surface area contributed by atoms with Gasteiger partial charge in [0.2, 0.25) is 0 Å². The zero-order valence-corrected chi connectivity index (χ0v) is 23.5. The second-order valence-corrected chi connectivity index (χ2v) is 12.4. The van der Waals surface area contributed by atoms with Crippen molar-refractivity contribution in [2.24, 2.45) is 34.0 Å². The highest BCUT2D eigenvalue weighted by atomic mass is 16.6. The molecule has 0 spiro atoms. The van der Waals surface area contributed by atoms with Crippen LogP contribution in [0.2, 0.25) is 0 Å². The summed E-state index contributed by atoms with van der Waals surface area (Å²) in [6, 6.07) is 7.03. The third-order valence-electron chi connectivity index (χ3n) is 10.5. The van der Waals surface area contributed by atoms with E-state index < -0.39 is 41.6 Å². The predicted molar refractivity (Wildman–Crippen MR) is 147 cm³/mol. The summed E-state index contributed by atoms with van der Waals surface area (Å²) < 4.78 is 11.3. The molecule has 39 heavy (non-hydrogen) atoms. The highest BCUT2D eigenvalue weighted by Crippen LogP contribution is 2.67. The first-order valence-corrected chi connectivity index (χ1v) is 14.0. The maximum Gasteiger partial charge on any atom is 0.344 e. The summed E-state index contributed by atoms with van der Waals surface area (Å²) in [4.78, 5) is 38.8. The zero-order chi connectivity index (χ0) is 28.6. The molecule has 1 aromatic carbocycles. The average Bonchev–Trinajstić information content (AvgIpc) is 3.29. The number of aliphatic hydroxyl groups excluding tert-OH is 2. The van der Waals surface area contributed by atoms with Gasteiger partial charge in [-0.2, -0.15) is 0 Å². The number of aliphatic hydroxyl groups is 2. The fourth-order valence-electron chi connectivity index (χ4n) is 7.77. The van der Waals surface area contributed by atoms with E-state index in [4.69, 9.17) is 14.6 Å². The SMILES string of the molecule is C=C[C@]1(C)C[C@@H](OC(=O)COC(=O)/C=C/c2ccc(CO)cc2)[C@]2(C)[C@H](C)CC[C@]3(CCC(=O)[C@H]32)[C@@H](C)[C@@H]1O. The highest BCUT2D eigenvalue weighted by Gasteiger charge is 2.68. The molecular formula is C32H42O7. The van der Waals surface area contributed by atoms with E-state index in [2.05, 4.69) is 27.4 Å². The van der Waals surface area contributed by atoms with Gasteiger partial charge in [0, 0.05) is 29.2 Å². The Morgan fingerprint density at radius 2 is 1.85 bits per heavy atom. The van der Waals surface area contributed by atoms with E-state index >= 15 is 0 Å². The molecule has 3 fully saturated rings. The van der Waals surface area contributed by atoms with E-state index in [1.807, 2.05) is 6.92 Å². The molecule has 1 aromatic rings. The largest absolute Gasteiger partial charge is 0.459 e. The Hall–Kier alpha value is -2.77. The van der Waals surface area contributed by atoms with Crippen LogP contribution in [0, 0.1) is 34.0 Å². The van der Waals surface area contributed by atoms with Crippen LogP contribution in [0.1, 0.15) is 70.9 Å². The number of esters is 2. The number of carbonyl (C=O) groups excluding carboxylic acids is 3. The van der Waals surface area contributed by atoms with Crippen LogP contribution in [-0.4, -0.2) is 46.7 Å². The molecule has 3 aliphatic rings. The number of ether oxygens (including phenoxy) is 2. The maximum atomic E-state index is 13.5. The lowest BCUT2D eigenvalue weighted by atomic mass is 9.44. The second-order valence-electron chi connectivity index (χ2n) is 12.4. The van der Waals surface area contributed by atoms with Crippen LogP contribution in [0.5, 0.6) is 0 Å². The third-order valence-corrected chi connectivity index (χ3v) is 10.5. The lowest BCUT2D eigenvalue weighted by Gasteiger charge is -2.61. The molecule has 0 aromatic heterocycles. The van der Waals surface area contributed by atoms with Crippen LogP contribution in [-0.2, 0) is 30.5 Å². The molecule has 7 heteroatoms. The molecule has 2 N–H and O–H groups in total. The van der Waals surface area contributed by atoms with Crippen LogP contribution >= 0.6 is 0 Å². The molecule has 3 saturated carbocycles. The molecule has 0 amide bonds. The summed E-state index contributed by atoms with van der Waals surface area (Å²) in [7, 11) is 0. The minimum atomic E-state index is -0.739. The molecule has 3 aliphatic carbocycles. The van der Waals surface area contributed by atoms with Crippen molar-refractivity contribution in [1.82, 2.24) is 0 Å². The van der Waals surface area contributed by atoms with Crippen LogP contribution in [0.4, 0.5) is 0 Å². The molecule has 7 nitrogen and oxygen atoms in total. The van der Waals surface area contributed by atoms with E-state index in [1.54, 1.807) is 36.4 Å². The van der Waals surface area contributed by atoms with Crippen molar-refractivity contribution in [2.75, 3.05) is 6.61 Å². The van der Waals surface area contributed by atoms with Gasteiger partial charge in [0.25, 0.3) is 0 Å². The van der Waals surface area contributed by atoms with Crippen molar-refractivity contribution in [3.8, 4) is 0 Å². The molecular weight excluding hydrogens is 496 g/mol. The van der Waals surface area contributed by atoms with Crippen molar-refractivity contribution in [3.63, 3.8) is 0 Å². The smallest absolute Gasteiger partial charge is 0.344 e. The minimum absolute atomic E-state index is 0.0627. The Kier molecular flexibility index (Phi) is 8.25. The van der Waals surface area contributed by atoms with Gasteiger partial charge in [0.05, 0.1) is 12.7 Å². The number of benzene rings is 1. The van der Waals surface area contributed by atoms with E-state index in [1.165, 1.54) is 6.08 Å². The Morgan fingerprint density at radius 3 is 2.49 bits per heavy atom. The molecule has 0 heterocycles. The number of Topliss-reactive ketones (excluding diaryl/α,β-unsaturated/α-hetero) is 1. The molecule has 0 radical (unpaired) electrons. The monoisotopic (exact) mass is 538 g/mol. The van der Waals surface area contributed by atoms with Gasteiger partial charge in [-0.3, -0.25) is 4.79 Å². The van der Waals surface area contributed by atoms with Crippen LogP contribution in [0.15, 0.2) is 43.0 Å². The van der Waals surface area contributed by atoms with Crippen molar-refractivity contribution in [3.05, 3.63) is 54.1 Å². The van der Waals surface area contributed by atoms with Gasteiger partial charge in [0.15, 0.2) is 6.61 Å². The van der Waals surface area contributed by atoms with E-state index in [-0.39, 0.29) is 35.6 Å². The van der Waals surface area contributed by atoms with Crippen molar-refractivity contribution >= 4 is 23.8 Å². The summed E-state index contributed by atoms with van der Waals surface area (Å²) in [6.07, 6.45) is 6.44. The van der Waals surface area contributed by atoms with Gasteiger partial charge in [-0.1, -0.05) is 58.0 Å². The Labute approximate surface area is 231 Å². The van der Waals surface area contributed by atoms with Crippen LogP contribution in [0.25, 0.3) is 6.08 Å². The normalized spacial score (nSPS) is 38.0. The summed E-state index contributed by atoms with van der Waals surface area (Å²) >= 11 is 0. The van der Waals surface area contributed by atoms with E-state index in [9.17, 15) is 19.5 Å². The first kappa shape index (κ1) is 29.2. The Morgan fingerprint density at radius 1 is 1.15 bits per heavy atom. The molecule has 0 aliphatic heterocycles. The quantitative estimate of drug-likeness (QED) is 0.296. The van der Waals surface area contributed by atoms with Gasteiger partial charge >= 0.3 is 11.9 Å². The summed E-state index contributed by atoms with van der Waals surface area (Å²) in [5.41, 5.74) is -0.178. The Bertz CT molecular complexity index is 1140. The summed E-state index contributed by atoms with van der Waals surface area (Å²) in [5, 5.41) is 20.7. The lowest BCUT2D eigenvalue weighted by molar-refractivity contribution is -0.208. The molecule has 4 rings (SSSR count). The topological polar surface area (TPSA) is 110 Å². The lowest BCUT2D eigenvalue weighted by Crippen LogP contribution is -2.63. The average molecular weight is 539 g/mol. The number of hydrogen-bond donors (Lipinski definition) is 2. The highest BCUT2D eigenvalue weighted by molar-refractivity contribution is 5.88. The third kappa shape index (κ3) is 5.11. The molecule has 8 atom stereocenters. The fraction of sp³-hybridized carbons (Fsp3) is 0.594. The first-order chi connectivity index (χ1) is 18.4. The number of hydrogen-bond acceptors (Lipinski definition) is 7. The standard InChI is InChI=1S/C32H42O7/c1-6-30(4)17-25(39-27(36)19-38-26(35)12-11-22-7-9-23(18-33)10-8-22)31(5)20(2)13-15-32(21(3)29(30)37)16-14-24(34)28(31)32/h6-12,20-21,25,28-29,33,37H,1,13-19H2,2-5H3/b12-11+/t20-,21+,25-,28+,29+,30-,31+,32+/m1/s1. The summed E-state index contributed by atoms with van der Waals surface area (Å²) in [5.74, 6) is -1.47. The second kappa shape index (κ2) is 11.0. The fourth-order valence-corrected chi connectivity index (χ4v) is 7.77. The van der Waals surface area contributed by atoms with Crippen LogP contribution in [0.3, 0.4) is 0 Å². The van der Waals surface area contributed by atoms with Crippen LogP contribution < -0.4 is 0 Å². The first-order valence-electron chi connectivity index (χ1n) is 14.0.